The molecule has 1 aliphatic rings. The summed E-state index contributed by atoms with van der Waals surface area (Å²) in [4.78, 5) is 17.9. The summed E-state index contributed by atoms with van der Waals surface area (Å²) >= 11 is 6.67. The first kappa shape index (κ1) is 17.0. The molecule has 4 rings (SSSR count). The van der Waals surface area contributed by atoms with E-state index in [1.54, 1.807) is 18.5 Å². The van der Waals surface area contributed by atoms with Crippen LogP contribution >= 0.6 is 11.6 Å². The second-order valence-corrected chi connectivity index (χ2v) is 6.93. The SMILES string of the molecule is C[C@@H]1CN(c2c(C=O)cc3c(-c4ccncc4)noc3c2Cl)C[C@H](C)O1. The van der Waals surface area contributed by atoms with Gasteiger partial charge in [0.15, 0.2) is 11.9 Å². The molecule has 6 nitrogen and oxygen atoms in total. The Bertz CT molecular complexity index is 948. The molecule has 1 aliphatic heterocycles. The fourth-order valence-electron chi connectivity index (χ4n) is 3.54. The van der Waals surface area contributed by atoms with Crippen LogP contribution in [0.2, 0.25) is 5.02 Å². The third kappa shape index (κ3) is 2.85. The molecule has 0 saturated carbocycles. The molecule has 1 aromatic carbocycles. The molecule has 0 N–H and O–H groups in total. The van der Waals surface area contributed by atoms with Crippen molar-refractivity contribution in [1.29, 1.82) is 0 Å². The average molecular weight is 372 g/mol. The molecule has 3 heterocycles. The summed E-state index contributed by atoms with van der Waals surface area (Å²) in [6.45, 7) is 5.32. The number of carbonyl (C=O) groups is 1. The monoisotopic (exact) mass is 371 g/mol. The van der Waals surface area contributed by atoms with Gasteiger partial charge in [-0.3, -0.25) is 9.78 Å². The summed E-state index contributed by atoms with van der Waals surface area (Å²) < 4.78 is 11.3. The highest BCUT2D eigenvalue weighted by Gasteiger charge is 2.28. The van der Waals surface area contributed by atoms with Crippen LogP contribution < -0.4 is 4.90 Å². The topological polar surface area (TPSA) is 68.5 Å². The highest BCUT2D eigenvalue weighted by molar-refractivity contribution is 6.38. The normalized spacial score (nSPS) is 20.5. The molecule has 0 amide bonds. The van der Waals surface area contributed by atoms with Crippen LogP contribution in [0.5, 0.6) is 0 Å². The van der Waals surface area contributed by atoms with E-state index in [1.807, 2.05) is 26.0 Å². The molecule has 26 heavy (non-hydrogen) atoms. The summed E-state index contributed by atoms with van der Waals surface area (Å²) in [7, 11) is 0. The Morgan fingerprint density at radius 1 is 1.23 bits per heavy atom. The van der Waals surface area contributed by atoms with Crippen LogP contribution in [0, 0.1) is 0 Å². The Hall–Kier alpha value is -2.44. The van der Waals surface area contributed by atoms with Crippen molar-refractivity contribution < 1.29 is 14.1 Å². The van der Waals surface area contributed by atoms with Crippen LogP contribution in [0.3, 0.4) is 0 Å². The second-order valence-electron chi connectivity index (χ2n) is 6.55. The van der Waals surface area contributed by atoms with Gasteiger partial charge in [0.05, 0.1) is 23.3 Å². The number of hydrogen-bond acceptors (Lipinski definition) is 6. The van der Waals surface area contributed by atoms with Crippen LogP contribution in [0.15, 0.2) is 35.1 Å². The average Bonchev–Trinajstić information content (AvgIpc) is 3.05. The lowest BCUT2D eigenvalue weighted by Crippen LogP contribution is -2.46. The number of aldehydes is 1. The zero-order valence-electron chi connectivity index (χ0n) is 14.5. The number of pyridine rings is 1. The predicted octanol–water partition coefficient (Wildman–Crippen LogP) is 3.97. The molecule has 0 bridgehead atoms. The minimum atomic E-state index is 0.0483. The van der Waals surface area contributed by atoms with Gasteiger partial charge in [-0.2, -0.15) is 0 Å². The van der Waals surface area contributed by atoms with E-state index < -0.39 is 0 Å². The minimum absolute atomic E-state index is 0.0483. The Kier molecular flexibility index (Phi) is 4.38. The lowest BCUT2D eigenvalue weighted by molar-refractivity contribution is -0.00524. The Balaban J connectivity index is 1.88. The van der Waals surface area contributed by atoms with Crippen molar-refractivity contribution in [1.82, 2.24) is 10.1 Å². The number of ether oxygens (including phenoxy) is 1. The summed E-state index contributed by atoms with van der Waals surface area (Å²) in [6.07, 6.45) is 4.29. The molecule has 134 valence electrons. The van der Waals surface area contributed by atoms with Gasteiger partial charge < -0.3 is 14.2 Å². The molecular formula is C19H18ClN3O3. The molecular weight excluding hydrogens is 354 g/mol. The number of fused-ring (bicyclic) bond motifs is 1. The predicted molar refractivity (Wildman–Crippen MR) is 99.9 cm³/mol. The van der Waals surface area contributed by atoms with Gasteiger partial charge in [-0.05, 0) is 32.0 Å². The zero-order valence-corrected chi connectivity index (χ0v) is 15.2. The smallest absolute Gasteiger partial charge is 0.188 e. The van der Waals surface area contributed by atoms with Gasteiger partial charge in [0, 0.05) is 36.6 Å². The van der Waals surface area contributed by atoms with Crippen molar-refractivity contribution in [2.45, 2.75) is 26.1 Å². The molecule has 2 atom stereocenters. The Morgan fingerprint density at radius 2 is 1.92 bits per heavy atom. The van der Waals surface area contributed by atoms with Crippen molar-refractivity contribution >= 4 is 34.5 Å². The maximum absolute atomic E-state index is 11.8. The van der Waals surface area contributed by atoms with Gasteiger partial charge in [-0.1, -0.05) is 16.8 Å². The number of halogens is 1. The van der Waals surface area contributed by atoms with Gasteiger partial charge in [0.25, 0.3) is 0 Å². The largest absolute Gasteiger partial charge is 0.372 e. The van der Waals surface area contributed by atoms with E-state index in [0.717, 1.165) is 11.8 Å². The van der Waals surface area contributed by atoms with Crippen LogP contribution in [-0.2, 0) is 4.74 Å². The van der Waals surface area contributed by atoms with Crippen LogP contribution in [-0.4, -0.2) is 41.7 Å². The lowest BCUT2D eigenvalue weighted by atomic mass is 10.0. The summed E-state index contributed by atoms with van der Waals surface area (Å²) in [5, 5.41) is 5.28. The van der Waals surface area contributed by atoms with Crippen molar-refractivity contribution in [2.24, 2.45) is 0 Å². The number of anilines is 1. The van der Waals surface area contributed by atoms with Gasteiger partial charge in [0.2, 0.25) is 0 Å². The van der Waals surface area contributed by atoms with Gasteiger partial charge in [0.1, 0.15) is 10.7 Å². The van der Waals surface area contributed by atoms with E-state index in [9.17, 15) is 4.79 Å². The Labute approximate surface area is 155 Å². The number of benzene rings is 1. The molecule has 3 aromatic rings. The first-order chi connectivity index (χ1) is 12.6. The molecule has 0 spiro atoms. The van der Waals surface area contributed by atoms with Crippen LogP contribution in [0.1, 0.15) is 24.2 Å². The molecule has 0 aliphatic carbocycles. The van der Waals surface area contributed by atoms with E-state index in [-0.39, 0.29) is 12.2 Å². The number of rotatable bonds is 3. The van der Waals surface area contributed by atoms with Gasteiger partial charge in [-0.15, -0.1) is 0 Å². The summed E-state index contributed by atoms with van der Waals surface area (Å²) in [5.41, 5.74) is 3.16. The first-order valence-corrected chi connectivity index (χ1v) is 8.84. The van der Waals surface area contributed by atoms with Gasteiger partial charge in [-0.25, -0.2) is 0 Å². The second kappa shape index (κ2) is 6.70. The van der Waals surface area contributed by atoms with E-state index >= 15 is 0 Å². The molecule has 0 radical (unpaired) electrons. The third-order valence-electron chi connectivity index (χ3n) is 4.53. The van der Waals surface area contributed by atoms with Gasteiger partial charge >= 0.3 is 0 Å². The highest BCUT2D eigenvalue weighted by Crippen LogP contribution is 2.40. The molecule has 0 unspecified atom stereocenters. The maximum atomic E-state index is 11.8. The molecule has 1 fully saturated rings. The van der Waals surface area contributed by atoms with Crippen LogP contribution in [0.25, 0.3) is 22.2 Å². The number of hydrogen-bond donors (Lipinski definition) is 0. The highest BCUT2D eigenvalue weighted by atomic mass is 35.5. The lowest BCUT2D eigenvalue weighted by Gasteiger charge is -2.37. The first-order valence-electron chi connectivity index (χ1n) is 8.46. The van der Waals surface area contributed by atoms with Crippen LogP contribution in [0.4, 0.5) is 5.69 Å². The van der Waals surface area contributed by atoms with Crippen molar-refractivity contribution in [2.75, 3.05) is 18.0 Å². The number of carbonyl (C=O) groups excluding carboxylic acids is 1. The quantitative estimate of drug-likeness (QED) is 0.649. The van der Waals surface area contributed by atoms with E-state index in [2.05, 4.69) is 15.0 Å². The van der Waals surface area contributed by atoms with Crippen molar-refractivity contribution in [3.63, 3.8) is 0 Å². The standard InChI is InChI=1S/C19H18ClN3O3/c1-11-8-23(9-12(2)25-11)18-14(10-24)7-15-17(13-3-5-21-6-4-13)22-26-19(15)16(18)20/h3-7,10-12H,8-9H2,1-2H3/t11-,12+. The van der Waals surface area contributed by atoms with Crippen molar-refractivity contribution in [3.05, 3.63) is 41.2 Å². The molecule has 1 saturated heterocycles. The Morgan fingerprint density at radius 3 is 2.58 bits per heavy atom. The fraction of sp³-hybridized carbons (Fsp3) is 0.316. The molecule has 2 aromatic heterocycles. The van der Waals surface area contributed by atoms with E-state index in [0.29, 0.717) is 46.0 Å². The van der Waals surface area contributed by atoms with E-state index in [1.165, 1.54) is 0 Å². The minimum Gasteiger partial charge on any atom is -0.372 e. The molecule has 7 heteroatoms. The fourth-order valence-corrected chi connectivity index (χ4v) is 3.90. The van der Waals surface area contributed by atoms with Crippen molar-refractivity contribution in [3.8, 4) is 11.3 Å². The zero-order chi connectivity index (χ0) is 18.3. The summed E-state index contributed by atoms with van der Waals surface area (Å²) in [5.74, 6) is 0. The number of nitrogens with zero attached hydrogens (tertiary/aromatic N) is 3. The number of morpholine rings is 1. The maximum Gasteiger partial charge on any atom is 0.188 e. The van der Waals surface area contributed by atoms with E-state index in [4.69, 9.17) is 20.9 Å². The summed E-state index contributed by atoms with van der Waals surface area (Å²) in [6, 6.07) is 5.47. The number of aromatic nitrogens is 2. The third-order valence-corrected chi connectivity index (χ3v) is 4.88.